The van der Waals surface area contributed by atoms with Crippen LogP contribution in [0.1, 0.15) is 6.42 Å². The van der Waals surface area contributed by atoms with Crippen LogP contribution in [0.15, 0.2) is 29.4 Å². The molecule has 0 spiro atoms. The van der Waals surface area contributed by atoms with Crippen LogP contribution >= 0.6 is 11.8 Å². The fourth-order valence-electron chi connectivity index (χ4n) is 2.19. The number of carbonyl (C=O) groups excluding carboxylic acids is 1. The van der Waals surface area contributed by atoms with Crippen LogP contribution in [0.4, 0.5) is 0 Å². The highest BCUT2D eigenvalue weighted by atomic mass is 32.2. The molecule has 0 aliphatic carbocycles. The summed E-state index contributed by atoms with van der Waals surface area (Å²) in [7, 11) is -3.46. The van der Waals surface area contributed by atoms with Crippen molar-refractivity contribution >= 4 is 27.7 Å². The van der Waals surface area contributed by atoms with Gasteiger partial charge in [0.2, 0.25) is 15.9 Å². The Morgan fingerprint density at radius 1 is 1.45 bits per heavy atom. The number of nitrogens with two attached hydrogens (primary N) is 1. The first-order valence-corrected chi connectivity index (χ1v) is 8.95. The molecule has 20 heavy (non-hydrogen) atoms. The van der Waals surface area contributed by atoms with E-state index < -0.39 is 10.0 Å². The number of amides is 1. The fourth-order valence-corrected chi connectivity index (χ4v) is 3.91. The van der Waals surface area contributed by atoms with Crippen molar-refractivity contribution in [2.75, 3.05) is 24.6 Å². The second-order valence-corrected chi connectivity index (χ2v) is 7.50. The first-order chi connectivity index (χ1) is 9.44. The van der Waals surface area contributed by atoms with Gasteiger partial charge in [-0.1, -0.05) is 0 Å². The largest absolute Gasteiger partial charge is 0.342 e. The zero-order chi connectivity index (χ0) is 14.6. The standard InChI is InChI=1S/C12H17N3O3S2/c13-20(17,18)9-10-3-6-15(7-10)12(16)8-19-11-1-4-14-5-2-11/h1-2,4-5,10H,3,6-9H2,(H2,13,17,18). The third kappa shape index (κ3) is 4.77. The molecule has 1 saturated heterocycles. The van der Waals surface area contributed by atoms with Gasteiger partial charge in [-0.25, -0.2) is 13.6 Å². The van der Waals surface area contributed by atoms with Crippen molar-refractivity contribution in [2.24, 2.45) is 11.1 Å². The Morgan fingerprint density at radius 2 is 2.15 bits per heavy atom. The van der Waals surface area contributed by atoms with E-state index in [1.54, 1.807) is 17.3 Å². The van der Waals surface area contributed by atoms with Crippen LogP contribution in [0.25, 0.3) is 0 Å². The van der Waals surface area contributed by atoms with E-state index in [0.29, 0.717) is 25.3 Å². The summed E-state index contributed by atoms with van der Waals surface area (Å²) in [6.07, 6.45) is 4.07. The van der Waals surface area contributed by atoms with Gasteiger partial charge in [-0.15, -0.1) is 11.8 Å². The maximum atomic E-state index is 12.0. The summed E-state index contributed by atoms with van der Waals surface area (Å²) < 4.78 is 22.1. The van der Waals surface area contributed by atoms with Gasteiger partial charge in [0, 0.05) is 30.4 Å². The normalized spacial score (nSPS) is 19.2. The summed E-state index contributed by atoms with van der Waals surface area (Å²) in [6.45, 7) is 1.09. The van der Waals surface area contributed by atoms with Gasteiger partial charge in [-0.2, -0.15) is 0 Å². The zero-order valence-corrected chi connectivity index (χ0v) is 12.6. The maximum absolute atomic E-state index is 12.0. The summed E-state index contributed by atoms with van der Waals surface area (Å²) in [5.41, 5.74) is 0. The van der Waals surface area contributed by atoms with Crippen LogP contribution < -0.4 is 5.14 Å². The monoisotopic (exact) mass is 315 g/mol. The molecule has 1 aliphatic rings. The number of hydrogen-bond acceptors (Lipinski definition) is 5. The molecule has 8 heteroatoms. The lowest BCUT2D eigenvalue weighted by molar-refractivity contribution is -0.127. The number of aromatic nitrogens is 1. The number of sulfonamides is 1. The van der Waals surface area contributed by atoms with Crippen molar-refractivity contribution < 1.29 is 13.2 Å². The number of likely N-dealkylation sites (tertiary alicyclic amines) is 1. The van der Waals surface area contributed by atoms with Crippen molar-refractivity contribution in [2.45, 2.75) is 11.3 Å². The second kappa shape index (κ2) is 6.55. The van der Waals surface area contributed by atoms with E-state index in [0.717, 1.165) is 4.90 Å². The minimum Gasteiger partial charge on any atom is -0.342 e. The number of thioether (sulfide) groups is 1. The molecule has 0 saturated carbocycles. The predicted octanol–water partition coefficient (Wildman–Crippen LogP) is 0.311. The summed E-state index contributed by atoms with van der Waals surface area (Å²) in [5, 5.41) is 5.03. The van der Waals surface area contributed by atoms with E-state index in [-0.39, 0.29) is 17.6 Å². The maximum Gasteiger partial charge on any atom is 0.232 e. The SMILES string of the molecule is NS(=O)(=O)CC1CCN(C(=O)CSc2ccncc2)C1. The lowest BCUT2D eigenvalue weighted by Gasteiger charge is -2.16. The third-order valence-electron chi connectivity index (χ3n) is 3.12. The Kier molecular flexibility index (Phi) is 5.00. The molecular weight excluding hydrogens is 298 g/mol. The van der Waals surface area contributed by atoms with Crippen LogP contribution in [0.5, 0.6) is 0 Å². The molecule has 2 rings (SSSR count). The van der Waals surface area contributed by atoms with E-state index in [9.17, 15) is 13.2 Å². The lowest BCUT2D eigenvalue weighted by Crippen LogP contribution is -2.31. The first kappa shape index (κ1) is 15.3. The molecule has 1 unspecified atom stereocenters. The van der Waals surface area contributed by atoms with Crippen LogP contribution in [0.2, 0.25) is 0 Å². The van der Waals surface area contributed by atoms with E-state index in [2.05, 4.69) is 4.98 Å². The number of primary sulfonamides is 1. The van der Waals surface area contributed by atoms with E-state index in [1.165, 1.54) is 11.8 Å². The first-order valence-electron chi connectivity index (χ1n) is 6.25. The smallest absolute Gasteiger partial charge is 0.232 e. The Bertz CT molecular complexity index is 563. The number of rotatable bonds is 5. The number of hydrogen-bond donors (Lipinski definition) is 1. The molecule has 6 nitrogen and oxygen atoms in total. The highest BCUT2D eigenvalue weighted by Crippen LogP contribution is 2.21. The topological polar surface area (TPSA) is 93.4 Å². The highest BCUT2D eigenvalue weighted by Gasteiger charge is 2.28. The van der Waals surface area contributed by atoms with Gasteiger partial charge in [-0.05, 0) is 24.5 Å². The molecule has 2 heterocycles. The molecule has 0 radical (unpaired) electrons. The van der Waals surface area contributed by atoms with Gasteiger partial charge in [0.15, 0.2) is 0 Å². The van der Waals surface area contributed by atoms with Gasteiger partial charge >= 0.3 is 0 Å². The van der Waals surface area contributed by atoms with Crippen molar-refractivity contribution in [1.29, 1.82) is 0 Å². The van der Waals surface area contributed by atoms with Gasteiger partial charge in [0.25, 0.3) is 0 Å². The zero-order valence-electron chi connectivity index (χ0n) is 10.9. The van der Waals surface area contributed by atoms with Crippen molar-refractivity contribution in [3.8, 4) is 0 Å². The average Bonchev–Trinajstić information content (AvgIpc) is 2.83. The number of carbonyl (C=O) groups is 1. The van der Waals surface area contributed by atoms with Crippen molar-refractivity contribution in [1.82, 2.24) is 9.88 Å². The Labute approximate surface area is 122 Å². The van der Waals surface area contributed by atoms with Crippen LogP contribution in [0, 0.1) is 5.92 Å². The summed E-state index contributed by atoms with van der Waals surface area (Å²) in [5.74, 6) is 0.295. The summed E-state index contributed by atoms with van der Waals surface area (Å²) >= 11 is 1.46. The van der Waals surface area contributed by atoms with Crippen LogP contribution in [-0.4, -0.2) is 48.8 Å². The summed E-state index contributed by atoms with van der Waals surface area (Å²) in [6, 6.07) is 3.71. The van der Waals surface area contributed by atoms with Gasteiger partial charge in [-0.3, -0.25) is 9.78 Å². The molecule has 2 N–H and O–H groups in total. The summed E-state index contributed by atoms with van der Waals surface area (Å²) in [4.78, 5) is 18.7. The molecule has 1 amide bonds. The van der Waals surface area contributed by atoms with Crippen molar-refractivity contribution in [3.63, 3.8) is 0 Å². The van der Waals surface area contributed by atoms with Crippen LogP contribution in [0.3, 0.4) is 0 Å². The molecule has 110 valence electrons. The van der Waals surface area contributed by atoms with Crippen LogP contribution in [-0.2, 0) is 14.8 Å². The fraction of sp³-hybridized carbons (Fsp3) is 0.500. The van der Waals surface area contributed by atoms with E-state index in [4.69, 9.17) is 5.14 Å². The number of nitrogens with zero attached hydrogens (tertiary/aromatic N) is 2. The number of pyridine rings is 1. The second-order valence-electron chi connectivity index (χ2n) is 4.80. The van der Waals surface area contributed by atoms with Gasteiger partial charge < -0.3 is 4.90 Å². The van der Waals surface area contributed by atoms with E-state index in [1.807, 2.05) is 12.1 Å². The Hall–Kier alpha value is -1.12. The van der Waals surface area contributed by atoms with Gasteiger partial charge in [0.1, 0.15) is 0 Å². The molecule has 0 aromatic carbocycles. The molecule has 1 aromatic rings. The quantitative estimate of drug-likeness (QED) is 0.789. The van der Waals surface area contributed by atoms with Crippen molar-refractivity contribution in [3.05, 3.63) is 24.5 Å². The molecule has 0 bridgehead atoms. The highest BCUT2D eigenvalue weighted by molar-refractivity contribution is 8.00. The minimum atomic E-state index is -3.46. The Morgan fingerprint density at radius 3 is 2.80 bits per heavy atom. The average molecular weight is 315 g/mol. The predicted molar refractivity (Wildman–Crippen MR) is 77.6 cm³/mol. The lowest BCUT2D eigenvalue weighted by atomic mass is 10.2. The molecule has 1 aromatic heterocycles. The third-order valence-corrected chi connectivity index (χ3v) is 5.05. The minimum absolute atomic E-state index is 0.0312. The van der Waals surface area contributed by atoms with Gasteiger partial charge in [0.05, 0.1) is 11.5 Å². The molecular formula is C12H17N3O3S2. The van der Waals surface area contributed by atoms with E-state index >= 15 is 0 Å². The Balaban J connectivity index is 1.80. The molecule has 1 atom stereocenters. The molecule has 1 aliphatic heterocycles. The molecule has 1 fully saturated rings.